The molecular formula is C20H23N3O2. The van der Waals surface area contributed by atoms with Gasteiger partial charge in [-0.1, -0.05) is 48.5 Å². The smallest absolute Gasteiger partial charge is 0.319 e. The summed E-state index contributed by atoms with van der Waals surface area (Å²) in [6.45, 7) is 4.48. The number of carbonyl (C=O) groups excluding carboxylic acids is 2. The Kier molecular flexibility index (Phi) is 5.03. The zero-order valence-corrected chi connectivity index (χ0v) is 14.5. The number of amides is 3. The van der Waals surface area contributed by atoms with Crippen LogP contribution in [-0.4, -0.2) is 29.4 Å². The van der Waals surface area contributed by atoms with E-state index in [9.17, 15) is 9.59 Å². The monoisotopic (exact) mass is 337 g/mol. The van der Waals surface area contributed by atoms with Gasteiger partial charge in [0.25, 0.3) is 0 Å². The van der Waals surface area contributed by atoms with Gasteiger partial charge >= 0.3 is 6.03 Å². The van der Waals surface area contributed by atoms with Gasteiger partial charge in [-0.2, -0.15) is 0 Å². The van der Waals surface area contributed by atoms with Crippen LogP contribution < -0.4 is 10.6 Å². The number of carbonyl (C=O) groups is 2. The fourth-order valence-electron chi connectivity index (χ4n) is 3.17. The molecule has 3 rings (SSSR count). The minimum absolute atomic E-state index is 0.0000657. The Hall–Kier alpha value is -2.82. The zero-order chi connectivity index (χ0) is 17.8. The Morgan fingerprint density at radius 2 is 1.80 bits per heavy atom. The SMILES string of the molecule is Cc1ccccc1NC(=O)NC1CC(=O)N(C(C)c2ccccc2)C1. The molecule has 5 heteroatoms. The molecular weight excluding hydrogens is 314 g/mol. The molecule has 0 saturated carbocycles. The molecule has 25 heavy (non-hydrogen) atoms. The molecule has 1 heterocycles. The van der Waals surface area contributed by atoms with Gasteiger partial charge in [0.05, 0.1) is 12.1 Å². The van der Waals surface area contributed by atoms with E-state index in [-0.39, 0.29) is 24.0 Å². The summed E-state index contributed by atoms with van der Waals surface area (Å²) in [7, 11) is 0. The highest BCUT2D eigenvalue weighted by atomic mass is 16.2. The van der Waals surface area contributed by atoms with Crippen molar-refractivity contribution in [2.45, 2.75) is 32.4 Å². The molecule has 0 spiro atoms. The standard InChI is InChI=1S/C20H23N3O2/c1-14-8-6-7-11-18(14)22-20(25)21-17-12-19(24)23(13-17)15(2)16-9-4-3-5-10-16/h3-11,15,17H,12-13H2,1-2H3,(H2,21,22,25). The molecule has 2 aromatic carbocycles. The lowest BCUT2D eigenvalue weighted by Gasteiger charge is -2.25. The van der Waals surface area contributed by atoms with Gasteiger partial charge in [0.2, 0.25) is 5.91 Å². The maximum Gasteiger partial charge on any atom is 0.319 e. The predicted molar refractivity (Wildman–Crippen MR) is 98.3 cm³/mol. The van der Waals surface area contributed by atoms with E-state index in [2.05, 4.69) is 10.6 Å². The Labute approximate surface area is 148 Å². The summed E-state index contributed by atoms with van der Waals surface area (Å²) in [5.41, 5.74) is 2.87. The van der Waals surface area contributed by atoms with Crippen molar-refractivity contribution in [3.05, 3.63) is 65.7 Å². The second-order valence-electron chi connectivity index (χ2n) is 6.45. The molecule has 0 aliphatic carbocycles. The number of nitrogens with one attached hydrogen (secondary N) is 2. The van der Waals surface area contributed by atoms with E-state index in [4.69, 9.17) is 0 Å². The first-order valence-electron chi connectivity index (χ1n) is 8.52. The van der Waals surface area contributed by atoms with Crippen LogP contribution in [0.15, 0.2) is 54.6 Å². The van der Waals surface area contributed by atoms with Crippen molar-refractivity contribution in [2.75, 3.05) is 11.9 Å². The van der Waals surface area contributed by atoms with Gasteiger partial charge in [-0.15, -0.1) is 0 Å². The molecule has 1 saturated heterocycles. The first-order valence-corrected chi connectivity index (χ1v) is 8.52. The number of nitrogens with zero attached hydrogens (tertiary/aromatic N) is 1. The van der Waals surface area contributed by atoms with Crippen LogP contribution in [0.5, 0.6) is 0 Å². The van der Waals surface area contributed by atoms with Gasteiger partial charge in [0.1, 0.15) is 0 Å². The molecule has 130 valence electrons. The first kappa shape index (κ1) is 17.0. The van der Waals surface area contributed by atoms with Crippen LogP contribution in [-0.2, 0) is 4.79 Å². The van der Waals surface area contributed by atoms with E-state index in [0.29, 0.717) is 13.0 Å². The summed E-state index contributed by atoms with van der Waals surface area (Å²) in [5.74, 6) is 0.0672. The highest BCUT2D eigenvalue weighted by molar-refractivity contribution is 5.91. The third-order valence-electron chi connectivity index (χ3n) is 4.64. The van der Waals surface area contributed by atoms with Crippen molar-refractivity contribution >= 4 is 17.6 Å². The van der Waals surface area contributed by atoms with Crippen LogP contribution in [0.25, 0.3) is 0 Å². The summed E-state index contributed by atoms with van der Waals surface area (Å²) < 4.78 is 0. The number of para-hydroxylation sites is 1. The number of urea groups is 1. The van der Waals surface area contributed by atoms with Gasteiger partial charge in [-0.05, 0) is 31.0 Å². The largest absolute Gasteiger partial charge is 0.334 e. The molecule has 0 radical (unpaired) electrons. The van der Waals surface area contributed by atoms with Crippen LogP contribution in [0.4, 0.5) is 10.5 Å². The van der Waals surface area contributed by atoms with Gasteiger partial charge in [0, 0.05) is 18.7 Å². The van der Waals surface area contributed by atoms with Gasteiger partial charge in [-0.3, -0.25) is 4.79 Å². The van der Waals surface area contributed by atoms with Crippen LogP contribution in [0, 0.1) is 6.92 Å². The van der Waals surface area contributed by atoms with Gasteiger partial charge < -0.3 is 15.5 Å². The van der Waals surface area contributed by atoms with Gasteiger partial charge in [-0.25, -0.2) is 4.79 Å². The molecule has 2 N–H and O–H groups in total. The normalized spacial score (nSPS) is 18.1. The average molecular weight is 337 g/mol. The summed E-state index contributed by atoms with van der Waals surface area (Å²) in [6, 6.07) is 17.1. The van der Waals surface area contributed by atoms with Crippen LogP contribution >= 0.6 is 0 Å². The fraction of sp³-hybridized carbons (Fsp3) is 0.300. The molecule has 2 atom stereocenters. The molecule has 2 unspecified atom stereocenters. The molecule has 3 amide bonds. The Morgan fingerprint density at radius 3 is 2.52 bits per heavy atom. The second-order valence-corrected chi connectivity index (χ2v) is 6.45. The predicted octanol–water partition coefficient (Wildman–Crippen LogP) is 3.48. The third kappa shape index (κ3) is 3.99. The highest BCUT2D eigenvalue weighted by Crippen LogP contribution is 2.25. The summed E-state index contributed by atoms with van der Waals surface area (Å²) >= 11 is 0. The minimum atomic E-state index is -0.277. The van der Waals surface area contributed by atoms with E-state index in [1.807, 2.05) is 73.3 Å². The maximum atomic E-state index is 12.3. The van der Waals surface area contributed by atoms with Crippen LogP contribution in [0.3, 0.4) is 0 Å². The zero-order valence-electron chi connectivity index (χ0n) is 14.5. The molecule has 1 aliphatic heterocycles. The van der Waals surface area contributed by atoms with Crippen molar-refractivity contribution in [2.24, 2.45) is 0 Å². The summed E-state index contributed by atoms with van der Waals surface area (Å²) in [6.07, 6.45) is 0.332. The molecule has 0 aromatic heterocycles. The van der Waals surface area contributed by atoms with E-state index in [1.54, 1.807) is 0 Å². The number of aryl methyl sites for hydroxylation is 1. The second kappa shape index (κ2) is 7.38. The van der Waals surface area contributed by atoms with Crippen molar-refractivity contribution in [1.29, 1.82) is 0 Å². The maximum absolute atomic E-state index is 12.3. The van der Waals surface area contributed by atoms with E-state index < -0.39 is 0 Å². The lowest BCUT2D eigenvalue weighted by molar-refractivity contribution is -0.129. The molecule has 2 aromatic rings. The van der Waals surface area contributed by atoms with E-state index >= 15 is 0 Å². The number of likely N-dealkylation sites (tertiary alicyclic amines) is 1. The van der Waals surface area contributed by atoms with E-state index in [1.165, 1.54) is 0 Å². The minimum Gasteiger partial charge on any atom is -0.334 e. The molecule has 5 nitrogen and oxygen atoms in total. The topological polar surface area (TPSA) is 61.4 Å². The number of rotatable bonds is 4. The van der Waals surface area contributed by atoms with Crippen LogP contribution in [0.1, 0.15) is 30.5 Å². The number of hydrogen-bond donors (Lipinski definition) is 2. The van der Waals surface area contributed by atoms with Crippen LogP contribution in [0.2, 0.25) is 0 Å². The third-order valence-corrected chi connectivity index (χ3v) is 4.64. The lowest BCUT2D eigenvalue weighted by atomic mass is 10.1. The van der Waals surface area contributed by atoms with Gasteiger partial charge in [0.15, 0.2) is 0 Å². The van der Waals surface area contributed by atoms with E-state index in [0.717, 1.165) is 16.8 Å². The Bertz CT molecular complexity index is 761. The summed E-state index contributed by atoms with van der Waals surface area (Å²) in [4.78, 5) is 26.4. The lowest BCUT2D eigenvalue weighted by Crippen LogP contribution is -2.40. The first-order chi connectivity index (χ1) is 12.0. The Balaban J connectivity index is 1.59. The molecule has 0 bridgehead atoms. The Morgan fingerprint density at radius 1 is 1.12 bits per heavy atom. The highest BCUT2D eigenvalue weighted by Gasteiger charge is 2.33. The van der Waals surface area contributed by atoms with Crippen molar-refractivity contribution in [3.8, 4) is 0 Å². The number of anilines is 1. The quantitative estimate of drug-likeness (QED) is 0.897. The molecule has 1 fully saturated rings. The fourth-order valence-corrected chi connectivity index (χ4v) is 3.17. The average Bonchev–Trinajstić information content (AvgIpc) is 2.97. The van der Waals surface area contributed by atoms with Crippen molar-refractivity contribution in [3.63, 3.8) is 0 Å². The summed E-state index contributed by atoms with van der Waals surface area (Å²) in [5, 5.41) is 5.76. The van der Waals surface area contributed by atoms with Crippen molar-refractivity contribution < 1.29 is 9.59 Å². The number of benzene rings is 2. The van der Waals surface area contributed by atoms with Crippen molar-refractivity contribution in [1.82, 2.24) is 10.2 Å². The number of hydrogen-bond acceptors (Lipinski definition) is 2. The molecule has 1 aliphatic rings.